The lowest BCUT2D eigenvalue weighted by Crippen LogP contribution is -2.29. The van der Waals surface area contributed by atoms with Crippen LogP contribution in [-0.2, 0) is 0 Å². The lowest BCUT2D eigenvalue weighted by atomic mass is 10.0. The van der Waals surface area contributed by atoms with E-state index in [0.29, 0.717) is 6.04 Å². The predicted molar refractivity (Wildman–Crippen MR) is 70.9 cm³/mol. The average Bonchev–Trinajstić information content (AvgIpc) is 2.23. The van der Waals surface area contributed by atoms with Gasteiger partial charge in [0, 0.05) is 19.1 Å². The molecule has 0 saturated carbocycles. The van der Waals surface area contributed by atoms with E-state index in [4.69, 9.17) is 0 Å². The second-order valence-electron chi connectivity index (χ2n) is 4.68. The maximum Gasteiger partial charge on any atom is 0.0317 e. The average molecular weight is 220 g/mol. The summed E-state index contributed by atoms with van der Waals surface area (Å²) in [5, 5.41) is 3.19. The first-order chi connectivity index (χ1) is 7.54. The van der Waals surface area contributed by atoms with Crippen molar-refractivity contribution in [3.8, 4) is 0 Å². The van der Waals surface area contributed by atoms with Crippen LogP contribution in [0.1, 0.15) is 29.7 Å². The molecule has 2 heteroatoms. The first-order valence-corrected chi connectivity index (χ1v) is 5.97. The number of hydrogen-bond donors (Lipinski definition) is 1. The third-order valence-corrected chi connectivity index (χ3v) is 3.10. The highest BCUT2D eigenvalue weighted by atomic mass is 15.1. The predicted octanol–water partition coefficient (Wildman–Crippen LogP) is 2.52. The number of aryl methyl sites for hydroxylation is 2. The number of nitrogens with zero attached hydrogens (tertiary/aromatic N) is 1. The topological polar surface area (TPSA) is 15.3 Å². The van der Waals surface area contributed by atoms with Gasteiger partial charge in [-0.15, -0.1) is 0 Å². The third-order valence-electron chi connectivity index (χ3n) is 3.10. The fraction of sp³-hybridized carbons (Fsp3) is 0.571. The van der Waals surface area contributed by atoms with Crippen LogP contribution < -0.4 is 5.32 Å². The van der Waals surface area contributed by atoms with E-state index in [2.05, 4.69) is 56.2 Å². The number of hydrogen-bond acceptors (Lipinski definition) is 2. The van der Waals surface area contributed by atoms with Crippen molar-refractivity contribution in [3.63, 3.8) is 0 Å². The van der Waals surface area contributed by atoms with Gasteiger partial charge < -0.3 is 5.32 Å². The normalized spacial score (nSPS) is 13.1. The zero-order chi connectivity index (χ0) is 12.1. The van der Waals surface area contributed by atoms with Crippen molar-refractivity contribution in [3.05, 3.63) is 34.9 Å². The van der Waals surface area contributed by atoms with E-state index < -0.39 is 0 Å². The van der Waals surface area contributed by atoms with Gasteiger partial charge in [0.15, 0.2) is 0 Å². The maximum atomic E-state index is 3.19. The second kappa shape index (κ2) is 6.02. The van der Waals surface area contributed by atoms with Crippen molar-refractivity contribution in [2.45, 2.75) is 26.8 Å². The van der Waals surface area contributed by atoms with Crippen LogP contribution in [0.5, 0.6) is 0 Å². The van der Waals surface area contributed by atoms with Crippen LogP contribution in [0.4, 0.5) is 0 Å². The zero-order valence-electron chi connectivity index (χ0n) is 11.2. The fourth-order valence-corrected chi connectivity index (χ4v) is 1.99. The smallest absolute Gasteiger partial charge is 0.0317 e. The highest BCUT2D eigenvalue weighted by Crippen LogP contribution is 2.20. The number of benzene rings is 1. The van der Waals surface area contributed by atoms with Gasteiger partial charge in [0.2, 0.25) is 0 Å². The Morgan fingerprint density at radius 3 is 2.25 bits per heavy atom. The van der Waals surface area contributed by atoms with Gasteiger partial charge in [-0.3, -0.25) is 4.90 Å². The SMILES string of the molecule is CNCCN(C)C(C)c1cc(C)cc(C)c1. The minimum atomic E-state index is 0.479. The molecule has 1 unspecified atom stereocenters. The van der Waals surface area contributed by atoms with Gasteiger partial charge in [0.1, 0.15) is 0 Å². The molecule has 0 radical (unpaired) electrons. The van der Waals surface area contributed by atoms with Gasteiger partial charge in [-0.1, -0.05) is 29.3 Å². The first kappa shape index (κ1) is 13.2. The van der Waals surface area contributed by atoms with Crippen molar-refractivity contribution in [1.82, 2.24) is 10.2 Å². The summed E-state index contributed by atoms with van der Waals surface area (Å²) in [6.07, 6.45) is 0. The van der Waals surface area contributed by atoms with Crippen molar-refractivity contribution >= 4 is 0 Å². The Morgan fingerprint density at radius 1 is 1.19 bits per heavy atom. The number of rotatable bonds is 5. The molecular formula is C14H24N2. The van der Waals surface area contributed by atoms with Crippen LogP contribution in [0.15, 0.2) is 18.2 Å². The first-order valence-electron chi connectivity index (χ1n) is 5.97. The lowest BCUT2D eigenvalue weighted by molar-refractivity contribution is 0.263. The second-order valence-corrected chi connectivity index (χ2v) is 4.68. The van der Waals surface area contributed by atoms with Gasteiger partial charge >= 0.3 is 0 Å². The van der Waals surface area contributed by atoms with Gasteiger partial charge in [-0.25, -0.2) is 0 Å². The van der Waals surface area contributed by atoms with Crippen molar-refractivity contribution < 1.29 is 0 Å². The fourth-order valence-electron chi connectivity index (χ4n) is 1.99. The van der Waals surface area contributed by atoms with Gasteiger partial charge in [-0.05, 0) is 40.4 Å². The molecule has 0 amide bonds. The van der Waals surface area contributed by atoms with Crippen LogP contribution in [0, 0.1) is 13.8 Å². The monoisotopic (exact) mass is 220 g/mol. The number of likely N-dealkylation sites (N-methyl/N-ethyl adjacent to an activating group) is 2. The third kappa shape index (κ3) is 3.62. The van der Waals surface area contributed by atoms with Crippen LogP contribution in [0.3, 0.4) is 0 Å². The minimum Gasteiger partial charge on any atom is -0.318 e. The van der Waals surface area contributed by atoms with Crippen LogP contribution in [0.2, 0.25) is 0 Å². The van der Waals surface area contributed by atoms with Gasteiger partial charge in [0.05, 0.1) is 0 Å². The molecular weight excluding hydrogens is 196 g/mol. The summed E-state index contributed by atoms with van der Waals surface area (Å²) in [6, 6.07) is 7.28. The molecule has 1 aromatic carbocycles. The largest absolute Gasteiger partial charge is 0.318 e. The zero-order valence-corrected chi connectivity index (χ0v) is 11.2. The standard InChI is InChI=1S/C14H24N2/c1-11-8-12(2)10-14(9-11)13(3)16(5)7-6-15-4/h8-10,13,15H,6-7H2,1-5H3. The van der Waals surface area contributed by atoms with E-state index in [1.165, 1.54) is 16.7 Å². The summed E-state index contributed by atoms with van der Waals surface area (Å²) in [4.78, 5) is 2.38. The van der Waals surface area contributed by atoms with E-state index in [9.17, 15) is 0 Å². The molecule has 0 aliphatic heterocycles. The minimum absolute atomic E-state index is 0.479. The van der Waals surface area contributed by atoms with E-state index in [0.717, 1.165) is 13.1 Å². The van der Waals surface area contributed by atoms with E-state index in [1.54, 1.807) is 0 Å². The van der Waals surface area contributed by atoms with E-state index in [-0.39, 0.29) is 0 Å². The molecule has 1 aromatic rings. The molecule has 16 heavy (non-hydrogen) atoms. The molecule has 1 atom stereocenters. The van der Waals surface area contributed by atoms with Crippen LogP contribution in [-0.4, -0.2) is 32.1 Å². The van der Waals surface area contributed by atoms with Crippen LogP contribution >= 0.6 is 0 Å². The summed E-state index contributed by atoms with van der Waals surface area (Å²) < 4.78 is 0. The summed E-state index contributed by atoms with van der Waals surface area (Å²) >= 11 is 0. The molecule has 1 N–H and O–H groups in total. The highest BCUT2D eigenvalue weighted by Gasteiger charge is 2.11. The van der Waals surface area contributed by atoms with Crippen LogP contribution in [0.25, 0.3) is 0 Å². The summed E-state index contributed by atoms with van der Waals surface area (Å²) in [7, 11) is 4.18. The van der Waals surface area contributed by atoms with Crippen molar-refractivity contribution in [2.75, 3.05) is 27.2 Å². The highest BCUT2D eigenvalue weighted by molar-refractivity contribution is 5.30. The Kier molecular flexibility index (Phi) is 4.97. The molecule has 0 aromatic heterocycles. The Morgan fingerprint density at radius 2 is 1.75 bits per heavy atom. The summed E-state index contributed by atoms with van der Waals surface area (Å²) in [6.45, 7) is 8.70. The van der Waals surface area contributed by atoms with E-state index >= 15 is 0 Å². The van der Waals surface area contributed by atoms with Gasteiger partial charge in [-0.2, -0.15) is 0 Å². The van der Waals surface area contributed by atoms with Gasteiger partial charge in [0.25, 0.3) is 0 Å². The number of nitrogens with one attached hydrogen (secondary N) is 1. The molecule has 0 bridgehead atoms. The molecule has 1 rings (SSSR count). The lowest BCUT2D eigenvalue weighted by Gasteiger charge is -2.25. The molecule has 2 nitrogen and oxygen atoms in total. The van der Waals surface area contributed by atoms with E-state index in [1.807, 2.05) is 7.05 Å². The molecule has 90 valence electrons. The quantitative estimate of drug-likeness (QED) is 0.820. The Bertz CT molecular complexity index is 313. The summed E-state index contributed by atoms with van der Waals surface area (Å²) in [5.74, 6) is 0. The molecule has 0 heterocycles. The molecule has 0 spiro atoms. The molecule has 0 aliphatic rings. The Hall–Kier alpha value is -0.860. The van der Waals surface area contributed by atoms with Crippen molar-refractivity contribution in [2.24, 2.45) is 0 Å². The summed E-state index contributed by atoms with van der Waals surface area (Å²) in [5.41, 5.74) is 4.11. The Labute approximate surface area is 99.7 Å². The Balaban J connectivity index is 2.74. The molecule has 0 fully saturated rings. The maximum absolute atomic E-state index is 3.19. The van der Waals surface area contributed by atoms with Crippen molar-refractivity contribution in [1.29, 1.82) is 0 Å². The molecule has 0 saturated heterocycles. The molecule has 0 aliphatic carbocycles.